The topological polar surface area (TPSA) is 55.8 Å². The van der Waals surface area contributed by atoms with Gasteiger partial charge in [-0.2, -0.15) is 0 Å². The quantitative estimate of drug-likeness (QED) is 0.854. The van der Waals surface area contributed by atoms with Crippen molar-refractivity contribution in [1.82, 2.24) is 10.2 Å². The van der Waals surface area contributed by atoms with Crippen LogP contribution in [0.1, 0.15) is 24.0 Å². The van der Waals surface area contributed by atoms with E-state index in [1.165, 1.54) is 11.3 Å². The fourth-order valence-corrected chi connectivity index (χ4v) is 3.50. The van der Waals surface area contributed by atoms with E-state index >= 15 is 0 Å². The summed E-state index contributed by atoms with van der Waals surface area (Å²) in [7, 11) is 4.04. The van der Waals surface area contributed by atoms with Gasteiger partial charge in [-0.05, 0) is 42.5 Å². The number of amides is 2. The third-order valence-corrected chi connectivity index (χ3v) is 5.33. The smallest absolute Gasteiger partial charge is 0.317 e. The lowest BCUT2D eigenvalue weighted by molar-refractivity contribution is -0.0167. The Morgan fingerprint density at radius 3 is 2.30 bits per heavy atom. The molecule has 144 valence electrons. The number of aliphatic hydroxyl groups is 1. The number of hydrogen-bond acceptors (Lipinski definition) is 3. The minimum absolute atomic E-state index is 0.0463. The third-order valence-electron chi connectivity index (χ3n) is 5.33. The maximum absolute atomic E-state index is 12.4. The van der Waals surface area contributed by atoms with E-state index in [1.807, 2.05) is 44.4 Å². The maximum atomic E-state index is 12.4. The molecule has 1 aliphatic heterocycles. The Hall–Kier alpha value is -2.53. The number of nitrogens with zero attached hydrogens (tertiary/aromatic N) is 2. The molecule has 0 aromatic heterocycles. The summed E-state index contributed by atoms with van der Waals surface area (Å²) >= 11 is 0. The standard InChI is InChI=1S/C22H29N3O2/c1-24(2)20-10-8-18(9-11-20)12-15-23-21(26)25-16-13-22(27,14-17-25)19-6-4-3-5-7-19/h3-11,27H,12-17H2,1-2H3,(H,23,26). The summed E-state index contributed by atoms with van der Waals surface area (Å²) < 4.78 is 0. The summed E-state index contributed by atoms with van der Waals surface area (Å²) in [4.78, 5) is 16.3. The molecule has 3 rings (SSSR count). The van der Waals surface area contributed by atoms with Crippen LogP contribution in [0.3, 0.4) is 0 Å². The average Bonchev–Trinajstić information content (AvgIpc) is 2.69. The van der Waals surface area contributed by atoms with Crippen molar-refractivity contribution in [3.63, 3.8) is 0 Å². The molecule has 0 radical (unpaired) electrons. The van der Waals surface area contributed by atoms with E-state index in [-0.39, 0.29) is 6.03 Å². The fraction of sp³-hybridized carbons (Fsp3) is 0.409. The zero-order valence-corrected chi connectivity index (χ0v) is 16.2. The fourth-order valence-electron chi connectivity index (χ4n) is 3.50. The normalized spacial score (nSPS) is 16.0. The number of likely N-dealkylation sites (tertiary alicyclic amines) is 1. The van der Waals surface area contributed by atoms with Gasteiger partial charge < -0.3 is 20.2 Å². The molecular weight excluding hydrogens is 338 g/mol. The summed E-state index contributed by atoms with van der Waals surface area (Å²) in [6.45, 7) is 1.74. The minimum atomic E-state index is -0.827. The van der Waals surface area contributed by atoms with Crippen LogP contribution in [0.2, 0.25) is 0 Å². The highest BCUT2D eigenvalue weighted by Crippen LogP contribution is 2.32. The molecule has 1 heterocycles. The molecule has 0 unspecified atom stereocenters. The van der Waals surface area contributed by atoms with Gasteiger partial charge in [0.25, 0.3) is 0 Å². The van der Waals surface area contributed by atoms with Crippen LogP contribution in [0.5, 0.6) is 0 Å². The van der Waals surface area contributed by atoms with Crippen LogP contribution < -0.4 is 10.2 Å². The summed E-state index contributed by atoms with van der Waals surface area (Å²) in [5.74, 6) is 0. The van der Waals surface area contributed by atoms with Crippen molar-refractivity contribution >= 4 is 11.7 Å². The Labute approximate surface area is 161 Å². The van der Waals surface area contributed by atoms with Crippen LogP contribution in [-0.2, 0) is 12.0 Å². The number of anilines is 1. The van der Waals surface area contributed by atoms with E-state index in [9.17, 15) is 9.90 Å². The minimum Gasteiger partial charge on any atom is -0.385 e. The first-order valence-electron chi connectivity index (χ1n) is 9.55. The predicted octanol–water partition coefficient (Wildman–Crippen LogP) is 2.99. The molecule has 2 N–H and O–H groups in total. The molecule has 2 aromatic carbocycles. The van der Waals surface area contributed by atoms with Crippen LogP contribution in [-0.4, -0.2) is 49.8 Å². The summed E-state index contributed by atoms with van der Waals surface area (Å²) in [5, 5.41) is 13.9. The number of carbonyl (C=O) groups excluding carboxylic acids is 1. The van der Waals surface area contributed by atoms with Crippen LogP contribution in [0.15, 0.2) is 54.6 Å². The second kappa shape index (κ2) is 8.44. The lowest BCUT2D eigenvalue weighted by atomic mass is 9.84. The highest BCUT2D eigenvalue weighted by molar-refractivity contribution is 5.74. The van der Waals surface area contributed by atoms with E-state index in [0.29, 0.717) is 32.5 Å². The van der Waals surface area contributed by atoms with Crippen molar-refractivity contribution in [2.45, 2.75) is 24.9 Å². The second-order valence-corrected chi connectivity index (χ2v) is 7.43. The molecule has 1 saturated heterocycles. The highest BCUT2D eigenvalue weighted by Gasteiger charge is 2.35. The molecule has 1 aliphatic rings. The number of nitrogens with one attached hydrogen (secondary N) is 1. The first kappa shape index (κ1) is 19.2. The van der Waals surface area contributed by atoms with Gasteiger partial charge in [0.2, 0.25) is 0 Å². The van der Waals surface area contributed by atoms with Gasteiger partial charge >= 0.3 is 6.03 Å². The molecular formula is C22H29N3O2. The van der Waals surface area contributed by atoms with E-state index in [1.54, 1.807) is 4.90 Å². The Balaban J connectivity index is 1.44. The zero-order valence-electron chi connectivity index (χ0n) is 16.2. The molecule has 27 heavy (non-hydrogen) atoms. The summed E-state index contributed by atoms with van der Waals surface area (Å²) in [6.07, 6.45) is 1.94. The lowest BCUT2D eigenvalue weighted by Gasteiger charge is -2.38. The van der Waals surface area contributed by atoms with Crippen LogP contribution >= 0.6 is 0 Å². The van der Waals surface area contributed by atoms with Crippen molar-refractivity contribution < 1.29 is 9.90 Å². The van der Waals surface area contributed by atoms with E-state index in [0.717, 1.165) is 12.0 Å². The molecule has 5 heteroatoms. The second-order valence-electron chi connectivity index (χ2n) is 7.43. The van der Waals surface area contributed by atoms with Crippen molar-refractivity contribution in [2.75, 3.05) is 38.6 Å². The molecule has 1 fully saturated rings. The molecule has 0 aliphatic carbocycles. The van der Waals surface area contributed by atoms with Gasteiger partial charge in [0.1, 0.15) is 0 Å². The summed E-state index contributed by atoms with van der Waals surface area (Å²) in [5.41, 5.74) is 2.48. The highest BCUT2D eigenvalue weighted by atomic mass is 16.3. The number of urea groups is 1. The Kier molecular flexibility index (Phi) is 6.01. The molecule has 0 saturated carbocycles. The number of piperidine rings is 1. The molecule has 0 atom stereocenters. The largest absolute Gasteiger partial charge is 0.385 e. The van der Waals surface area contributed by atoms with Crippen LogP contribution in [0, 0.1) is 0 Å². The molecule has 2 amide bonds. The van der Waals surface area contributed by atoms with E-state index in [4.69, 9.17) is 0 Å². The van der Waals surface area contributed by atoms with Gasteiger partial charge in [0, 0.05) is 39.4 Å². The number of benzene rings is 2. The molecule has 5 nitrogen and oxygen atoms in total. The van der Waals surface area contributed by atoms with Gasteiger partial charge in [0.05, 0.1) is 5.60 Å². The predicted molar refractivity (Wildman–Crippen MR) is 109 cm³/mol. The first-order chi connectivity index (χ1) is 13.0. The SMILES string of the molecule is CN(C)c1ccc(CCNC(=O)N2CCC(O)(c3ccccc3)CC2)cc1. The maximum Gasteiger partial charge on any atom is 0.317 e. The average molecular weight is 367 g/mol. The van der Waals surface area contributed by atoms with E-state index < -0.39 is 5.60 Å². The lowest BCUT2D eigenvalue weighted by Crippen LogP contribution is -2.49. The van der Waals surface area contributed by atoms with E-state index in [2.05, 4.69) is 34.5 Å². The van der Waals surface area contributed by atoms with Crippen LogP contribution in [0.25, 0.3) is 0 Å². The number of rotatable bonds is 5. The summed E-state index contributed by atoms with van der Waals surface area (Å²) in [6, 6.07) is 18.1. The molecule has 2 aromatic rings. The van der Waals surface area contributed by atoms with Crippen molar-refractivity contribution in [2.24, 2.45) is 0 Å². The third kappa shape index (κ3) is 4.80. The zero-order chi connectivity index (χ0) is 19.3. The van der Waals surface area contributed by atoms with Gasteiger partial charge in [-0.15, -0.1) is 0 Å². The van der Waals surface area contributed by atoms with Gasteiger partial charge in [-0.3, -0.25) is 0 Å². The molecule has 0 bridgehead atoms. The Morgan fingerprint density at radius 1 is 1.07 bits per heavy atom. The van der Waals surface area contributed by atoms with Gasteiger partial charge in [-0.1, -0.05) is 42.5 Å². The van der Waals surface area contributed by atoms with Gasteiger partial charge in [-0.25, -0.2) is 4.79 Å². The van der Waals surface area contributed by atoms with Crippen molar-refractivity contribution in [1.29, 1.82) is 0 Å². The van der Waals surface area contributed by atoms with Gasteiger partial charge in [0.15, 0.2) is 0 Å². The molecule has 0 spiro atoms. The number of hydrogen-bond donors (Lipinski definition) is 2. The van der Waals surface area contributed by atoms with Crippen molar-refractivity contribution in [3.8, 4) is 0 Å². The van der Waals surface area contributed by atoms with Crippen LogP contribution in [0.4, 0.5) is 10.5 Å². The Bertz CT molecular complexity index is 736. The first-order valence-corrected chi connectivity index (χ1v) is 9.55. The number of carbonyl (C=O) groups is 1. The van der Waals surface area contributed by atoms with Crippen molar-refractivity contribution in [3.05, 3.63) is 65.7 Å². The monoisotopic (exact) mass is 367 g/mol. The Morgan fingerprint density at radius 2 is 1.70 bits per heavy atom.